The second-order valence-corrected chi connectivity index (χ2v) is 9.43. The Morgan fingerprint density at radius 2 is 1.69 bits per heavy atom. The van der Waals surface area contributed by atoms with Crippen LogP contribution in [0.2, 0.25) is 0 Å². The van der Waals surface area contributed by atoms with Crippen molar-refractivity contribution in [3.05, 3.63) is 0 Å². The Balaban J connectivity index is 1.62. The maximum Gasteiger partial charge on any atom is 0.408 e. The highest BCUT2D eigenvalue weighted by atomic mass is 16.6. The van der Waals surface area contributed by atoms with Crippen LogP contribution in [0.15, 0.2) is 0 Å². The molecule has 1 N–H and O–H groups in total. The molecule has 0 aromatic heterocycles. The number of hydrogen-bond donors (Lipinski definition) is 1. The first kappa shape index (κ1) is 22.3. The molecule has 29 heavy (non-hydrogen) atoms. The van der Waals surface area contributed by atoms with Crippen LogP contribution in [-0.4, -0.2) is 68.4 Å². The topological polar surface area (TPSA) is 92.3 Å². The SMILES string of the molecule is CC1OC(=O)C(NC(=O)OC(C)(C)C)COCC(OCC2CC2)C1OCC1CC1. The molecule has 0 bridgehead atoms. The zero-order valence-corrected chi connectivity index (χ0v) is 18.0. The molecule has 1 saturated heterocycles. The fraction of sp³-hybridized carbons (Fsp3) is 0.905. The van der Waals surface area contributed by atoms with Gasteiger partial charge in [0.25, 0.3) is 0 Å². The summed E-state index contributed by atoms with van der Waals surface area (Å²) >= 11 is 0. The number of amides is 1. The molecule has 1 amide bonds. The van der Waals surface area contributed by atoms with Crippen LogP contribution in [-0.2, 0) is 28.5 Å². The van der Waals surface area contributed by atoms with Gasteiger partial charge in [0.1, 0.15) is 23.9 Å². The van der Waals surface area contributed by atoms with Crippen molar-refractivity contribution < 1.29 is 33.3 Å². The Morgan fingerprint density at radius 3 is 2.28 bits per heavy atom. The number of cyclic esters (lactones) is 1. The number of nitrogens with one attached hydrogen (secondary N) is 1. The van der Waals surface area contributed by atoms with Gasteiger partial charge in [0.05, 0.1) is 26.4 Å². The summed E-state index contributed by atoms with van der Waals surface area (Å²) in [6, 6.07) is -0.946. The molecule has 0 radical (unpaired) electrons. The monoisotopic (exact) mass is 413 g/mol. The molecule has 4 atom stereocenters. The van der Waals surface area contributed by atoms with Crippen LogP contribution in [0.4, 0.5) is 4.79 Å². The van der Waals surface area contributed by atoms with E-state index in [0.29, 0.717) is 25.0 Å². The number of carbonyl (C=O) groups excluding carboxylic acids is 2. The van der Waals surface area contributed by atoms with Crippen LogP contribution in [0.1, 0.15) is 53.4 Å². The molecule has 8 heteroatoms. The molecule has 2 aliphatic carbocycles. The molecule has 1 aliphatic heterocycles. The predicted octanol–water partition coefficient (Wildman–Crippen LogP) is 2.43. The lowest BCUT2D eigenvalue weighted by atomic mass is 10.1. The highest BCUT2D eigenvalue weighted by Crippen LogP contribution is 2.32. The summed E-state index contributed by atoms with van der Waals surface area (Å²) in [5.41, 5.74) is -0.663. The lowest BCUT2D eigenvalue weighted by Gasteiger charge is -2.30. The van der Waals surface area contributed by atoms with E-state index in [-0.39, 0.29) is 19.3 Å². The summed E-state index contributed by atoms with van der Waals surface area (Å²) in [4.78, 5) is 24.7. The molecule has 166 valence electrons. The zero-order chi connectivity index (χ0) is 21.0. The van der Waals surface area contributed by atoms with Gasteiger partial charge in [0, 0.05) is 0 Å². The normalized spacial score (nSPS) is 31.2. The Bertz CT molecular complexity index is 568. The van der Waals surface area contributed by atoms with Gasteiger partial charge >= 0.3 is 12.1 Å². The minimum absolute atomic E-state index is 0.0105. The summed E-state index contributed by atoms with van der Waals surface area (Å²) in [5.74, 6) is 0.620. The van der Waals surface area contributed by atoms with Gasteiger partial charge in [-0.3, -0.25) is 0 Å². The summed E-state index contributed by atoms with van der Waals surface area (Å²) < 4.78 is 28.8. The zero-order valence-electron chi connectivity index (χ0n) is 18.0. The third-order valence-electron chi connectivity index (χ3n) is 5.14. The molecule has 3 fully saturated rings. The van der Waals surface area contributed by atoms with Crippen LogP contribution >= 0.6 is 0 Å². The Hall–Kier alpha value is -1.38. The lowest BCUT2D eigenvalue weighted by molar-refractivity contribution is -0.168. The van der Waals surface area contributed by atoms with Gasteiger partial charge in [-0.05, 0) is 65.2 Å². The summed E-state index contributed by atoms with van der Waals surface area (Å²) in [6.45, 7) is 8.65. The third-order valence-corrected chi connectivity index (χ3v) is 5.14. The minimum Gasteiger partial charge on any atom is -0.458 e. The smallest absolute Gasteiger partial charge is 0.408 e. The van der Waals surface area contributed by atoms with E-state index in [1.54, 1.807) is 27.7 Å². The first-order valence-corrected chi connectivity index (χ1v) is 10.7. The van der Waals surface area contributed by atoms with Gasteiger partial charge in [0.15, 0.2) is 6.04 Å². The van der Waals surface area contributed by atoms with Crippen LogP contribution in [0.5, 0.6) is 0 Å². The largest absolute Gasteiger partial charge is 0.458 e. The lowest BCUT2D eigenvalue weighted by Crippen LogP contribution is -2.48. The average molecular weight is 414 g/mol. The molecule has 3 aliphatic rings. The third kappa shape index (κ3) is 7.75. The number of ether oxygens (including phenoxy) is 5. The van der Waals surface area contributed by atoms with Crippen molar-refractivity contribution >= 4 is 12.1 Å². The second kappa shape index (κ2) is 9.62. The summed E-state index contributed by atoms with van der Waals surface area (Å²) in [7, 11) is 0. The van der Waals surface area contributed by atoms with Crippen molar-refractivity contribution in [2.75, 3.05) is 26.4 Å². The van der Waals surface area contributed by atoms with E-state index in [9.17, 15) is 9.59 Å². The number of rotatable bonds is 7. The van der Waals surface area contributed by atoms with Crippen LogP contribution in [0, 0.1) is 11.8 Å². The van der Waals surface area contributed by atoms with Gasteiger partial charge in [-0.1, -0.05) is 0 Å². The van der Waals surface area contributed by atoms with Crippen molar-refractivity contribution in [1.29, 1.82) is 0 Å². The molecule has 0 aromatic rings. The molecule has 3 rings (SSSR count). The van der Waals surface area contributed by atoms with E-state index in [1.165, 1.54) is 25.7 Å². The first-order chi connectivity index (χ1) is 13.7. The van der Waals surface area contributed by atoms with Crippen molar-refractivity contribution in [1.82, 2.24) is 5.32 Å². The molecule has 0 spiro atoms. The molecular weight excluding hydrogens is 378 g/mol. The van der Waals surface area contributed by atoms with Crippen LogP contribution < -0.4 is 5.32 Å². The molecular formula is C21H35NO7. The highest BCUT2D eigenvalue weighted by molar-refractivity contribution is 5.81. The average Bonchev–Trinajstić information content (AvgIpc) is 3.50. The van der Waals surface area contributed by atoms with Crippen LogP contribution in [0.25, 0.3) is 0 Å². The molecule has 2 saturated carbocycles. The Kier molecular flexibility index (Phi) is 7.40. The van der Waals surface area contributed by atoms with E-state index in [1.807, 2.05) is 0 Å². The van der Waals surface area contributed by atoms with Crippen LogP contribution in [0.3, 0.4) is 0 Å². The quantitative estimate of drug-likeness (QED) is 0.641. The minimum atomic E-state index is -0.946. The second-order valence-electron chi connectivity index (χ2n) is 9.43. The van der Waals surface area contributed by atoms with E-state index in [2.05, 4.69) is 5.32 Å². The van der Waals surface area contributed by atoms with Gasteiger partial charge < -0.3 is 29.0 Å². The van der Waals surface area contributed by atoms with Crippen molar-refractivity contribution in [2.24, 2.45) is 11.8 Å². The van der Waals surface area contributed by atoms with E-state index < -0.39 is 35.9 Å². The fourth-order valence-corrected chi connectivity index (χ4v) is 3.11. The summed E-state index contributed by atoms with van der Waals surface area (Å²) in [5, 5.41) is 2.55. The van der Waals surface area contributed by atoms with Gasteiger partial charge in [0.2, 0.25) is 0 Å². The maximum atomic E-state index is 12.6. The van der Waals surface area contributed by atoms with E-state index >= 15 is 0 Å². The standard InChI is InChI=1S/C21H35NO7/c1-13-18(27-10-15-7-8-15)17(26-9-14-5-6-14)12-25-11-16(19(23)28-13)22-20(24)29-21(2,3)4/h13-18H,5-12H2,1-4H3,(H,22,24). The first-order valence-electron chi connectivity index (χ1n) is 10.7. The van der Waals surface area contributed by atoms with Crippen molar-refractivity contribution in [2.45, 2.75) is 83.3 Å². The van der Waals surface area contributed by atoms with Crippen molar-refractivity contribution in [3.63, 3.8) is 0 Å². The van der Waals surface area contributed by atoms with Gasteiger partial charge in [-0.2, -0.15) is 0 Å². The number of carbonyl (C=O) groups is 2. The maximum absolute atomic E-state index is 12.6. The number of hydrogen-bond acceptors (Lipinski definition) is 7. The number of alkyl carbamates (subject to hydrolysis) is 1. The molecule has 4 unspecified atom stereocenters. The molecule has 0 aromatic carbocycles. The highest BCUT2D eigenvalue weighted by Gasteiger charge is 2.38. The van der Waals surface area contributed by atoms with Gasteiger partial charge in [-0.25, -0.2) is 9.59 Å². The van der Waals surface area contributed by atoms with E-state index in [4.69, 9.17) is 23.7 Å². The molecule has 1 heterocycles. The van der Waals surface area contributed by atoms with E-state index in [0.717, 1.165) is 0 Å². The van der Waals surface area contributed by atoms with Crippen molar-refractivity contribution in [3.8, 4) is 0 Å². The van der Waals surface area contributed by atoms with Gasteiger partial charge in [-0.15, -0.1) is 0 Å². The Morgan fingerprint density at radius 1 is 1.07 bits per heavy atom. The Labute approximate surface area is 172 Å². The number of esters is 1. The predicted molar refractivity (Wildman–Crippen MR) is 104 cm³/mol. The molecule has 8 nitrogen and oxygen atoms in total. The summed E-state index contributed by atoms with van der Waals surface area (Å²) in [6.07, 6.45) is 2.80. The fourth-order valence-electron chi connectivity index (χ4n) is 3.11.